The van der Waals surface area contributed by atoms with Crippen LogP contribution in [0.25, 0.3) is 0 Å². The Bertz CT molecular complexity index is 483. The number of halogens is 3. The second-order valence-electron chi connectivity index (χ2n) is 6.15. The molecule has 0 spiro atoms. The molecule has 1 aromatic rings. The summed E-state index contributed by atoms with van der Waals surface area (Å²) in [6.07, 6.45) is -1.51. The number of nitrogens with one attached hydrogen (secondary N) is 1. The van der Waals surface area contributed by atoms with Crippen molar-refractivity contribution in [1.82, 2.24) is 4.98 Å². The molecule has 0 bridgehead atoms. The van der Waals surface area contributed by atoms with Crippen LogP contribution in [-0.4, -0.2) is 11.0 Å². The zero-order valence-electron chi connectivity index (χ0n) is 11.7. The number of alkyl halides is 3. The summed E-state index contributed by atoms with van der Waals surface area (Å²) in [5.41, 5.74) is 5.53. The molecule has 1 aliphatic carbocycles. The molecule has 0 aromatic carbocycles. The van der Waals surface area contributed by atoms with Gasteiger partial charge < -0.3 is 11.1 Å². The highest BCUT2D eigenvalue weighted by Gasteiger charge is 2.34. The molecule has 1 atom stereocenters. The van der Waals surface area contributed by atoms with Crippen LogP contribution in [-0.2, 0) is 12.7 Å². The average Bonchev–Trinajstić information content (AvgIpc) is 2.67. The van der Waals surface area contributed by atoms with Gasteiger partial charge in [0.05, 0.1) is 0 Å². The molecule has 1 unspecified atom stereocenters. The van der Waals surface area contributed by atoms with Crippen molar-refractivity contribution in [1.29, 1.82) is 0 Å². The maximum atomic E-state index is 12.7. The van der Waals surface area contributed by atoms with E-state index in [2.05, 4.69) is 24.1 Å². The first-order chi connectivity index (χ1) is 9.21. The third-order valence-electron chi connectivity index (χ3n) is 3.80. The third kappa shape index (κ3) is 3.42. The van der Waals surface area contributed by atoms with Gasteiger partial charge in [-0.05, 0) is 30.7 Å². The SMILES string of the molecule is CC1(C)CCC(Nc2nc(C(F)(F)F)ccc2CN)C1. The van der Waals surface area contributed by atoms with Crippen molar-refractivity contribution in [3.63, 3.8) is 0 Å². The lowest BCUT2D eigenvalue weighted by Gasteiger charge is -2.20. The molecule has 2 rings (SSSR count). The van der Waals surface area contributed by atoms with Crippen molar-refractivity contribution in [2.45, 2.75) is 51.9 Å². The van der Waals surface area contributed by atoms with Gasteiger partial charge in [0.25, 0.3) is 0 Å². The van der Waals surface area contributed by atoms with Crippen LogP contribution >= 0.6 is 0 Å². The van der Waals surface area contributed by atoms with Crippen LogP contribution in [0.2, 0.25) is 0 Å². The van der Waals surface area contributed by atoms with Crippen LogP contribution in [0.5, 0.6) is 0 Å². The highest BCUT2D eigenvalue weighted by atomic mass is 19.4. The lowest BCUT2D eigenvalue weighted by atomic mass is 9.92. The van der Waals surface area contributed by atoms with Crippen LogP contribution in [0.3, 0.4) is 0 Å². The highest BCUT2D eigenvalue weighted by Crippen LogP contribution is 2.38. The normalized spacial score (nSPS) is 22.0. The highest BCUT2D eigenvalue weighted by molar-refractivity contribution is 5.46. The van der Waals surface area contributed by atoms with Crippen molar-refractivity contribution in [2.24, 2.45) is 11.1 Å². The molecule has 0 radical (unpaired) electrons. The largest absolute Gasteiger partial charge is 0.433 e. The fraction of sp³-hybridized carbons (Fsp3) is 0.643. The van der Waals surface area contributed by atoms with Crippen LogP contribution in [0.1, 0.15) is 44.4 Å². The van der Waals surface area contributed by atoms with Gasteiger partial charge in [-0.25, -0.2) is 4.98 Å². The molecular weight excluding hydrogens is 267 g/mol. The zero-order chi connectivity index (χ0) is 15.0. The van der Waals surface area contributed by atoms with Gasteiger partial charge in [0, 0.05) is 18.2 Å². The van der Waals surface area contributed by atoms with Gasteiger partial charge in [0.2, 0.25) is 0 Å². The molecule has 1 heterocycles. The molecule has 112 valence electrons. The molecule has 20 heavy (non-hydrogen) atoms. The molecule has 1 saturated carbocycles. The molecular formula is C14H20F3N3. The van der Waals surface area contributed by atoms with Crippen LogP contribution < -0.4 is 11.1 Å². The summed E-state index contributed by atoms with van der Waals surface area (Å²) in [6, 6.07) is 2.54. The Balaban J connectivity index is 2.21. The maximum absolute atomic E-state index is 12.7. The summed E-state index contributed by atoms with van der Waals surface area (Å²) >= 11 is 0. The van der Waals surface area contributed by atoms with E-state index in [1.54, 1.807) is 0 Å². The number of pyridine rings is 1. The lowest BCUT2D eigenvalue weighted by molar-refractivity contribution is -0.141. The lowest BCUT2D eigenvalue weighted by Crippen LogP contribution is -2.21. The van der Waals surface area contributed by atoms with Crippen molar-refractivity contribution in [2.75, 3.05) is 5.32 Å². The van der Waals surface area contributed by atoms with Crippen LogP contribution in [0, 0.1) is 5.41 Å². The molecule has 0 saturated heterocycles. The number of anilines is 1. The van der Waals surface area contributed by atoms with E-state index < -0.39 is 11.9 Å². The van der Waals surface area contributed by atoms with Crippen LogP contribution in [0.4, 0.5) is 19.0 Å². The second kappa shape index (κ2) is 5.24. The predicted molar refractivity (Wildman–Crippen MR) is 72.2 cm³/mol. The van der Waals surface area contributed by atoms with E-state index in [4.69, 9.17) is 5.73 Å². The summed E-state index contributed by atoms with van der Waals surface area (Å²) in [7, 11) is 0. The first-order valence-electron chi connectivity index (χ1n) is 6.75. The minimum Gasteiger partial charge on any atom is -0.367 e. The van der Waals surface area contributed by atoms with Crippen LogP contribution in [0.15, 0.2) is 12.1 Å². The van der Waals surface area contributed by atoms with Crippen molar-refractivity contribution >= 4 is 5.82 Å². The zero-order valence-corrected chi connectivity index (χ0v) is 11.7. The van der Waals surface area contributed by atoms with Gasteiger partial charge in [0.15, 0.2) is 0 Å². The Hall–Kier alpha value is -1.30. The van der Waals surface area contributed by atoms with E-state index in [1.165, 1.54) is 6.07 Å². The van der Waals surface area contributed by atoms with E-state index in [0.29, 0.717) is 5.56 Å². The topological polar surface area (TPSA) is 50.9 Å². The molecule has 1 aromatic heterocycles. The van der Waals surface area contributed by atoms with Gasteiger partial charge in [0.1, 0.15) is 11.5 Å². The first-order valence-corrected chi connectivity index (χ1v) is 6.75. The molecule has 6 heteroatoms. The minimum absolute atomic E-state index is 0.159. The Morgan fingerprint density at radius 3 is 2.60 bits per heavy atom. The van der Waals surface area contributed by atoms with Gasteiger partial charge >= 0.3 is 6.18 Å². The minimum atomic E-state index is -4.43. The average molecular weight is 287 g/mol. The Morgan fingerprint density at radius 1 is 1.40 bits per heavy atom. The number of hydrogen-bond acceptors (Lipinski definition) is 3. The molecule has 3 N–H and O–H groups in total. The van der Waals surface area contributed by atoms with Gasteiger partial charge in [-0.1, -0.05) is 19.9 Å². The van der Waals surface area contributed by atoms with Gasteiger partial charge in [-0.3, -0.25) is 0 Å². The summed E-state index contributed by atoms with van der Waals surface area (Å²) in [4.78, 5) is 3.71. The van der Waals surface area contributed by atoms with E-state index in [0.717, 1.165) is 25.3 Å². The quantitative estimate of drug-likeness (QED) is 0.894. The summed E-state index contributed by atoms with van der Waals surface area (Å²) < 4.78 is 38.2. The molecule has 0 amide bonds. The van der Waals surface area contributed by atoms with Crippen molar-refractivity contribution in [3.05, 3.63) is 23.4 Å². The maximum Gasteiger partial charge on any atom is 0.433 e. The number of nitrogens with zero attached hydrogens (tertiary/aromatic N) is 1. The molecule has 3 nitrogen and oxygen atoms in total. The van der Waals surface area contributed by atoms with E-state index in [-0.39, 0.29) is 23.8 Å². The predicted octanol–water partition coefficient (Wildman–Crippen LogP) is 3.55. The fourth-order valence-electron chi connectivity index (χ4n) is 2.69. The first kappa shape index (κ1) is 15.1. The molecule has 1 fully saturated rings. The monoisotopic (exact) mass is 287 g/mol. The smallest absolute Gasteiger partial charge is 0.367 e. The van der Waals surface area contributed by atoms with E-state index in [1.807, 2.05) is 0 Å². The van der Waals surface area contributed by atoms with Gasteiger partial charge in [-0.2, -0.15) is 13.2 Å². The molecule has 0 aliphatic heterocycles. The third-order valence-corrected chi connectivity index (χ3v) is 3.80. The Labute approximate surface area is 116 Å². The van der Waals surface area contributed by atoms with E-state index >= 15 is 0 Å². The summed E-state index contributed by atoms with van der Waals surface area (Å²) in [6.45, 7) is 4.50. The fourth-order valence-corrected chi connectivity index (χ4v) is 2.69. The standard InChI is InChI=1S/C14H20F3N3/c1-13(2)6-5-10(7-13)19-12-9(8-18)3-4-11(20-12)14(15,16)17/h3-4,10H,5-8,18H2,1-2H3,(H,19,20). The second-order valence-corrected chi connectivity index (χ2v) is 6.15. The van der Waals surface area contributed by atoms with Crippen molar-refractivity contribution in [3.8, 4) is 0 Å². The van der Waals surface area contributed by atoms with Gasteiger partial charge in [-0.15, -0.1) is 0 Å². The molecule has 1 aliphatic rings. The van der Waals surface area contributed by atoms with Crippen molar-refractivity contribution < 1.29 is 13.2 Å². The Kier molecular flexibility index (Phi) is 3.95. The number of nitrogens with two attached hydrogens (primary N) is 1. The number of aromatic nitrogens is 1. The summed E-state index contributed by atoms with van der Waals surface area (Å²) in [5.74, 6) is 0.269. The number of hydrogen-bond donors (Lipinski definition) is 2. The summed E-state index contributed by atoms with van der Waals surface area (Å²) in [5, 5.41) is 3.14. The number of rotatable bonds is 3. The van der Waals surface area contributed by atoms with E-state index in [9.17, 15) is 13.2 Å². The Morgan fingerprint density at radius 2 is 2.10 bits per heavy atom.